The zero-order valence-electron chi connectivity index (χ0n) is 16.8. The second-order valence-corrected chi connectivity index (χ2v) is 7.29. The van der Waals surface area contributed by atoms with Gasteiger partial charge in [-0.2, -0.15) is 0 Å². The van der Waals surface area contributed by atoms with Crippen LogP contribution in [0.1, 0.15) is 36.3 Å². The first kappa shape index (κ1) is 20.1. The molecule has 1 N–H and O–H groups in total. The summed E-state index contributed by atoms with van der Waals surface area (Å²) in [5, 5.41) is 3.37. The highest BCUT2D eigenvalue weighted by molar-refractivity contribution is 5.92. The maximum absolute atomic E-state index is 12.7. The Kier molecular flexibility index (Phi) is 7.20. The predicted octanol–water partition coefficient (Wildman–Crippen LogP) is 3.76. The van der Waals surface area contributed by atoms with E-state index in [0.29, 0.717) is 11.7 Å². The molecule has 148 valence electrons. The van der Waals surface area contributed by atoms with Crippen molar-refractivity contribution in [3.63, 3.8) is 0 Å². The summed E-state index contributed by atoms with van der Waals surface area (Å²) in [6, 6.07) is 14.5. The Morgan fingerprint density at radius 1 is 1.14 bits per heavy atom. The van der Waals surface area contributed by atoms with E-state index in [1.54, 1.807) is 6.20 Å². The smallest absolute Gasteiger partial charge is 0.272 e. The summed E-state index contributed by atoms with van der Waals surface area (Å²) in [4.78, 5) is 21.3. The lowest BCUT2D eigenvalue weighted by Gasteiger charge is -2.34. The van der Waals surface area contributed by atoms with Crippen molar-refractivity contribution in [3.8, 4) is 0 Å². The SMILES string of the molecule is CCC(C)Nc1ccc(C(=O)N2CCN(C/C=C/c3ccccc3)CC2)nc1. The van der Waals surface area contributed by atoms with Gasteiger partial charge in [0.05, 0.1) is 11.9 Å². The summed E-state index contributed by atoms with van der Waals surface area (Å²) in [6.07, 6.45) is 7.14. The summed E-state index contributed by atoms with van der Waals surface area (Å²) in [5.74, 6) is 0.0227. The fourth-order valence-electron chi connectivity index (χ4n) is 3.19. The number of hydrogen-bond donors (Lipinski definition) is 1. The van der Waals surface area contributed by atoms with Gasteiger partial charge in [0.25, 0.3) is 5.91 Å². The number of hydrogen-bond acceptors (Lipinski definition) is 4. The molecule has 1 aliphatic rings. The molecule has 5 heteroatoms. The second kappa shape index (κ2) is 10.0. The van der Waals surface area contributed by atoms with Crippen LogP contribution in [-0.2, 0) is 0 Å². The van der Waals surface area contributed by atoms with Crippen LogP contribution in [0.15, 0.2) is 54.7 Å². The first-order valence-electron chi connectivity index (χ1n) is 10.1. The van der Waals surface area contributed by atoms with Crippen molar-refractivity contribution in [2.45, 2.75) is 26.3 Å². The molecule has 1 amide bonds. The van der Waals surface area contributed by atoms with Crippen LogP contribution in [0.2, 0.25) is 0 Å². The molecule has 0 aliphatic carbocycles. The van der Waals surface area contributed by atoms with Crippen molar-refractivity contribution in [3.05, 3.63) is 66.0 Å². The van der Waals surface area contributed by atoms with Crippen LogP contribution < -0.4 is 5.32 Å². The van der Waals surface area contributed by atoms with Gasteiger partial charge >= 0.3 is 0 Å². The van der Waals surface area contributed by atoms with Crippen LogP contribution in [0.3, 0.4) is 0 Å². The molecule has 1 aliphatic heterocycles. The number of aromatic nitrogens is 1. The zero-order chi connectivity index (χ0) is 19.8. The Hall–Kier alpha value is -2.66. The number of amides is 1. The molecule has 1 aromatic heterocycles. The van der Waals surface area contributed by atoms with E-state index in [9.17, 15) is 4.79 Å². The number of rotatable bonds is 7. The Balaban J connectivity index is 1.46. The maximum atomic E-state index is 12.7. The number of nitrogens with zero attached hydrogens (tertiary/aromatic N) is 3. The number of pyridine rings is 1. The van der Waals surface area contributed by atoms with Crippen molar-refractivity contribution in [1.29, 1.82) is 0 Å². The number of anilines is 1. The largest absolute Gasteiger partial charge is 0.381 e. The van der Waals surface area contributed by atoms with E-state index < -0.39 is 0 Å². The summed E-state index contributed by atoms with van der Waals surface area (Å²) in [7, 11) is 0. The van der Waals surface area contributed by atoms with Gasteiger partial charge in [-0.1, -0.05) is 49.4 Å². The minimum atomic E-state index is 0.0227. The van der Waals surface area contributed by atoms with Crippen LogP contribution in [0, 0.1) is 0 Å². The lowest BCUT2D eigenvalue weighted by molar-refractivity contribution is 0.0644. The molecule has 1 aromatic carbocycles. The van der Waals surface area contributed by atoms with Crippen molar-refractivity contribution in [2.24, 2.45) is 0 Å². The van der Waals surface area contributed by atoms with Crippen LogP contribution in [0.4, 0.5) is 5.69 Å². The van der Waals surface area contributed by atoms with E-state index in [-0.39, 0.29) is 5.91 Å². The molecule has 0 saturated carbocycles. The van der Waals surface area contributed by atoms with Gasteiger partial charge in [-0.05, 0) is 31.0 Å². The van der Waals surface area contributed by atoms with E-state index in [4.69, 9.17) is 0 Å². The van der Waals surface area contributed by atoms with Gasteiger partial charge in [-0.15, -0.1) is 0 Å². The molecule has 5 nitrogen and oxygen atoms in total. The standard InChI is InChI=1S/C23H30N4O/c1-3-19(2)25-21-11-12-22(24-18-21)23(28)27-16-14-26(15-17-27)13-7-10-20-8-5-4-6-9-20/h4-12,18-19,25H,3,13-17H2,1-2H3/b10-7+. The lowest BCUT2D eigenvalue weighted by atomic mass is 10.2. The van der Waals surface area contributed by atoms with Crippen LogP contribution in [0.25, 0.3) is 6.08 Å². The lowest BCUT2D eigenvalue weighted by Crippen LogP contribution is -2.48. The minimum absolute atomic E-state index is 0.0227. The normalized spacial score (nSPS) is 16.3. The minimum Gasteiger partial charge on any atom is -0.381 e. The van der Waals surface area contributed by atoms with Crippen LogP contribution in [0.5, 0.6) is 0 Å². The summed E-state index contributed by atoms with van der Waals surface area (Å²) < 4.78 is 0. The third-order valence-electron chi connectivity index (χ3n) is 5.14. The Morgan fingerprint density at radius 2 is 1.89 bits per heavy atom. The molecule has 2 heterocycles. The molecule has 3 rings (SSSR count). The van der Waals surface area contributed by atoms with Gasteiger partial charge in [-0.25, -0.2) is 4.98 Å². The van der Waals surface area contributed by atoms with E-state index in [2.05, 4.69) is 53.3 Å². The van der Waals surface area contributed by atoms with Gasteiger partial charge < -0.3 is 10.2 Å². The number of carbonyl (C=O) groups is 1. The quantitative estimate of drug-likeness (QED) is 0.797. The fraction of sp³-hybridized carbons (Fsp3) is 0.391. The number of benzene rings is 1. The molecule has 1 unspecified atom stereocenters. The number of nitrogens with one attached hydrogen (secondary N) is 1. The van der Waals surface area contributed by atoms with Gasteiger partial charge in [0.1, 0.15) is 5.69 Å². The fourth-order valence-corrected chi connectivity index (χ4v) is 3.19. The van der Waals surface area contributed by atoms with Crippen molar-refractivity contribution in [2.75, 3.05) is 38.0 Å². The summed E-state index contributed by atoms with van der Waals surface area (Å²) in [5.41, 5.74) is 2.70. The summed E-state index contributed by atoms with van der Waals surface area (Å²) >= 11 is 0. The zero-order valence-corrected chi connectivity index (χ0v) is 16.8. The topological polar surface area (TPSA) is 48.5 Å². The molecule has 0 radical (unpaired) electrons. The molecule has 28 heavy (non-hydrogen) atoms. The third kappa shape index (κ3) is 5.67. The first-order valence-corrected chi connectivity index (χ1v) is 10.1. The molecule has 0 bridgehead atoms. The molecule has 2 aromatic rings. The highest BCUT2D eigenvalue weighted by Crippen LogP contribution is 2.12. The first-order chi connectivity index (χ1) is 13.7. The highest BCUT2D eigenvalue weighted by atomic mass is 16.2. The highest BCUT2D eigenvalue weighted by Gasteiger charge is 2.22. The van der Waals surface area contributed by atoms with Gasteiger partial charge in [0, 0.05) is 38.8 Å². The third-order valence-corrected chi connectivity index (χ3v) is 5.14. The molecule has 1 fully saturated rings. The number of piperazine rings is 1. The number of carbonyl (C=O) groups excluding carboxylic acids is 1. The van der Waals surface area contributed by atoms with Crippen LogP contribution in [-0.4, -0.2) is 59.5 Å². The monoisotopic (exact) mass is 378 g/mol. The molecule has 0 spiro atoms. The molecule has 1 atom stereocenters. The van der Waals surface area contributed by atoms with E-state index in [0.717, 1.165) is 44.8 Å². The average Bonchev–Trinajstić information content (AvgIpc) is 2.75. The van der Waals surface area contributed by atoms with Gasteiger partial charge in [0.15, 0.2) is 0 Å². The Bertz CT molecular complexity index is 765. The second-order valence-electron chi connectivity index (χ2n) is 7.29. The van der Waals surface area contributed by atoms with Crippen molar-refractivity contribution in [1.82, 2.24) is 14.8 Å². The summed E-state index contributed by atoms with van der Waals surface area (Å²) in [6.45, 7) is 8.44. The maximum Gasteiger partial charge on any atom is 0.272 e. The van der Waals surface area contributed by atoms with E-state index >= 15 is 0 Å². The van der Waals surface area contributed by atoms with Crippen LogP contribution >= 0.6 is 0 Å². The van der Waals surface area contributed by atoms with Crippen molar-refractivity contribution < 1.29 is 4.79 Å². The van der Waals surface area contributed by atoms with E-state index in [1.165, 1.54) is 5.56 Å². The Morgan fingerprint density at radius 3 is 2.54 bits per heavy atom. The average molecular weight is 379 g/mol. The predicted molar refractivity (Wildman–Crippen MR) is 115 cm³/mol. The Labute approximate surface area is 168 Å². The molecule has 1 saturated heterocycles. The molecular formula is C23H30N4O. The molecular weight excluding hydrogens is 348 g/mol. The van der Waals surface area contributed by atoms with Gasteiger partial charge in [0.2, 0.25) is 0 Å². The van der Waals surface area contributed by atoms with E-state index in [1.807, 2.05) is 35.2 Å². The van der Waals surface area contributed by atoms with Crippen molar-refractivity contribution >= 4 is 17.7 Å². The van der Waals surface area contributed by atoms with Gasteiger partial charge in [-0.3, -0.25) is 9.69 Å².